The lowest BCUT2D eigenvalue weighted by molar-refractivity contribution is 0.592. The predicted octanol–water partition coefficient (Wildman–Crippen LogP) is 3.10. The Hall–Kier alpha value is -2.10. The van der Waals surface area contributed by atoms with Crippen molar-refractivity contribution < 1.29 is 0 Å². The third-order valence-electron chi connectivity index (χ3n) is 2.69. The topological polar surface area (TPSA) is 63.8 Å². The molecule has 0 aliphatic carbocycles. The number of rotatable bonds is 2. The second-order valence-electron chi connectivity index (χ2n) is 5.25. The molecule has 0 aliphatic heterocycles. The van der Waals surface area contributed by atoms with Crippen LogP contribution in [-0.4, -0.2) is 9.97 Å². The summed E-state index contributed by atoms with van der Waals surface area (Å²) in [5.74, 6) is 1.17. The molecule has 3 N–H and O–H groups in total. The highest BCUT2D eigenvalue weighted by Crippen LogP contribution is 2.30. The minimum atomic E-state index is 0.0716. The molecule has 0 fully saturated rings. The van der Waals surface area contributed by atoms with E-state index in [-0.39, 0.29) is 5.41 Å². The van der Waals surface area contributed by atoms with Crippen LogP contribution < -0.4 is 11.1 Å². The smallest absolute Gasteiger partial charge is 0.135 e. The van der Waals surface area contributed by atoms with Crippen LogP contribution in [-0.2, 0) is 5.41 Å². The number of aromatic nitrogens is 2. The fraction of sp³-hybridized carbons (Fsp3) is 0.286. The average Bonchev–Trinajstić information content (AvgIpc) is 2.28. The van der Waals surface area contributed by atoms with Crippen LogP contribution in [0.1, 0.15) is 26.3 Å². The normalized spacial score (nSPS) is 11.3. The van der Waals surface area contributed by atoms with Crippen molar-refractivity contribution in [2.75, 3.05) is 11.1 Å². The summed E-state index contributed by atoms with van der Waals surface area (Å²) in [4.78, 5) is 8.04. The van der Waals surface area contributed by atoms with Crippen LogP contribution in [0.15, 0.2) is 36.7 Å². The summed E-state index contributed by atoms with van der Waals surface area (Å²) in [5, 5.41) is 3.29. The highest BCUT2D eigenvalue weighted by atomic mass is 15.0. The van der Waals surface area contributed by atoms with E-state index in [1.165, 1.54) is 11.9 Å². The molecule has 1 heterocycles. The summed E-state index contributed by atoms with van der Waals surface area (Å²) < 4.78 is 0. The van der Waals surface area contributed by atoms with Gasteiger partial charge >= 0.3 is 0 Å². The Bertz CT molecular complexity index is 543. The van der Waals surface area contributed by atoms with Crippen LogP contribution in [0.3, 0.4) is 0 Å². The van der Waals surface area contributed by atoms with E-state index in [0.717, 1.165) is 5.69 Å². The number of nitrogens with zero attached hydrogens (tertiary/aromatic N) is 2. The molecule has 1 aromatic heterocycles. The van der Waals surface area contributed by atoms with Gasteiger partial charge in [-0.3, -0.25) is 0 Å². The van der Waals surface area contributed by atoms with Gasteiger partial charge in [-0.25, -0.2) is 9.97 Å². The highest BCUT2D eigenvalue weighted by Gasteiger charge is 2.17. The summed E-state index contributed by atoms with van der Waals surface area (Å²) in [7, 11) is 0. The van der Waals surface area contributed by atoms with E-state index >= 15 is 0 Å². The molecular weight excluding hydrogens is 224 g/mol. The van der Waals surface area contributed by atoms with Crippen molar-refractivity contribution in [1.29, 1.82) is 0 Å². The summed E-state index contributed by atoms with van der Waals surface area (Å²) in [6.07, 6.45) is 1.46. The first-order valence-electron chi connectivity index (χ1n) is 5.91. The monoisotopic (exact) mass is 242 g/mol. The number of para-hydroxylation sites is 1. The number of hydrogen-bond acceptors (Lipinski definition) is 4. The third kappa shape index (κ3) is 2.77. The number of benzene rings is 1. The first kappa shape index (κ1) is 12.4. The summed E-state index contributed by atoms with van der Waals surface area (Å²) in [6, 6.07) is 9.92. The molecule has 0 spiro atoms. The van der Waals surface area contributed by atoms with Crippen LogP contribution in [0.2, 0.25) is 0 Å². The van der Waals surface area contributed by atoms with Crippen molar-refractivity contribution in [3.8, 4) is 0 Å². The first-order chi connectivity index (χ1) is 8.47. The molecule has 0 bridgehead atoms. The van der Waals surface area contributed by atoms with Gasteiger partial charge in [-0.2, -0.15) is 0 Å². The minimum Gasteiger partial charge on any atom is -0.384 e. The zero-order valence-electron chi connectivity index (χ0n) is 10.9. The minimum absolute atomic E-state index is 0.0716. The van der Waals surface area contributed by atoms with Gasteiger partial charge in [-0.1, -0.05) is 39.0 Å². The molecule has 2 aromatic rings. The van der Waals surface area contributed by atoms with Gasteiger partial charge in [0.05, 0.1) is 0 Å². The van der Waals surface area contributed by atoms with Gasteiger partial charge in [0, 0.05) is 11.8 Å². The van der Waals surface area contributed by atoms with Crippen molar-refractivity contribution in [3.05, 3.63) is 42.2 Å². The van der Waals surface area contributed by atoms with E-state index in [1.807, 2.05) is 18.2 Å². The maximum atomic E-state index is 5.64. The molecule has 0 unspecified atom stereocenters. The number of nitrogens with one attached hydrogen (secondary N) is 1. The number of anilines is 3. The van der Waals surface area contributed by atoms with Crippen molar-refractivity contribution in [2.45, 2.75) is 26.2 Å². The Balaban J connectivity index is 2.35. The highest BCUT2D eigenvalue weighted by molar-refractivity contribution is 5.63. The number of nitrogens with two attached hydrogens (primary N) is 1. The largest absolute Gasteiger partial charge is 0.384 e. The van der Waals surface area contributed by atoms with E-state index in [2.05, 4.69) is 42.1 Å². The molecule has 0 saturated heterocycles. The van der Waals surface area contributed by atoms with Crippen molar-refractivity contribution in [2.24, 2.45) is 0 Å². The zero-order chi connectivity index (χ0) is 13.2. The molecule has 4 nitrogen and oxygen atoms in total. The Labute approximate surface area is 107 Å². The van der Waals surface area contributed by atoms with Gasteiger partial charge in [0.15, 0.2) is 0 Å². The second-order valence-corrected chi connectivity index (χ2v) is 5.25. The molecule has 94 valence electrons. The molecular formula is C14H18N4. The molecule has 2 rings (SSSR count). The summed E-state index contributed by atoms with van der Waals surface area (Å²) >= 11 is 0. The maximum Gasteiger partial charge on any atom is 0.135 e. The van der Waals surface area contributed by atoms with Gasteiger partial charge in [0.25, 0.3) is 0 Å². The molecule has 4 heteroatoms. The lowest BCUT2D eigenvalue weighted by atomic mass is 9.86. The van der Waals surface area contributed by atoms with Crippen LogP contribution in [0.4, 0.5) is 17.3 Å². The van der Waals surface area contributed by atoms with Gasteiger partial charge in [0.2, 0.25) is 0 Å². The van der Waals surface area contributed by atoms with Gasteiger partial charge in [0.1, 0.15) is 18.0 Å². The summed E-state index contributed by atoms with van der Waals surface area (Å²) in [5.41, 5.74) is 8.00. The van der Waals surface area contributed by atoms with Crippen molar-refractivity contribution in [3.63, 3.8) is 0 Å². The van der Waals surface area contributed by atoms with Gasteiger partial charge in [-0.15, -0.1) is 0 Å². The SMILES string of the molecule is CC(C)(C)c1ccccc1Nc1cc(N)ncn1. The van der Waals surface area contributed by atoms with Crippen molar-refractivity contribution in [1.82, 2.24) is 9.97 Å². The molecule has 0 atom stereocenters. The fourth-order valence-corrected chi connectivity index (χ4v) is 1.82. The lowest BCUT2D eigenvalue weighted by Crippen LogP contribution is -2.13. The van der Waals surface area contributed by atoms with Crippen LogP contribution in [0.5, 0.6) is 0 Å². The van der Waals surface area contributed by atoms with Gasteiger partial charge in [-0.05, 0) is 17.0 Å². The van der Waals surface area contributed by atoms with Crippen LogP contribution in [0.25, 0.3) is 0 Å². The fourth-order valence-electron chi connectivity index (χ4n) is 1.82. The summed E-state index contributed by atoms with van der Waals surface area (Å²) in [6.45, 7) is 6.55. The Morgan fingerprint density at radius 3 is 2.50 bits per heavy atom. The molecule has 0 amide bonds. The second kappa shape index (κ2) is 4.64. The van der Waals surface area contributed by atoms with E-state index in [4.69, 9.17) is 5.73 Å². The number of hydrogen-bond donors (Lipinski definition) is 2. The Kier molecular flexibility index (Phi) is 3.19. The van der Waals surface area contributed by atoms with E-state index in [0.29, 0.717) is 11.6 Å². The van der Waals surface area contributed by atoms with E-state index < -0.39 is 0 Å². The maximum absolute atomic E-state index is 5.64. The van der Waals surface area contributed by atoms with Crippen LogP contribution in [0, 0.1) is 0 Å². The Morgan fingerprint density at radius 1 is 1.11 bits per heavy atom. The zero-order valence-corrected chi connectivity index (χ0v) is 10.9. The third-order valence-corrected chi connectivity index (χ3v) is 2.69. The standard InChI is InChI=1S/C14H18N4/c1-14(2,3)10-6-4-5-7-11(10)18-13-8-12(15)16-9-17-13/h4-9H,1-3H3,(H3,15,16,17,18). The molecule has 0 aliphatic rings. The van der Waals surface area contributed by atoms with E-state index in [9.17, 15) is 0 Å². The Morgan fingerprint density at radius 2 is 1.83 bits per heavy atom. The molecule has 1 aromatic carbocycles. The van der Waals surface area contributed by atoms with Crippen LogP contribution >= 0.6 is 0 Å². The first-order valence-corrected chi connectivity index (χ1v) is 5.91. The van der Waals surface area contributed by atoms with E-state index in [1.54, 1.807) is 6.07 Å². The van der Waals surface area contributed by atoms with Crippen molar-refractivity contribution >= 4 is 17.3 Å². The molecule has 0 saturated carbocycles. The molecule has 0 radical (unpaired) electrons. The quantitative estimate of drug-likeness (QED) is 0.849. The van der Waals surface area contributed by atoms with Gasteiger partial charge < -0.3 is 11.1 Å². The predicted molar refractivity (Wildman–Crippen MR) is 74.9 cm³/mol. The molecule has 18 heavy (non-hydrogen) atoms. The average molecular weight is 242 g/mol. The lowest BCUT2D eigenvalue weighted by Gasteiger charge is -2.23. The number of nitrogen functional groups attached to an aromatic ring is 1.